The fourth-order valence-corrected chi connectivity index (χ4v) is 3.20. The molecule has 0 saturated carbocycles. The fraction of sp³-hybridized carbons (Fsp3) is 0.556. The van der Waals surface area contributed by atoms with Crippen LogP contribution in [0.2, 0.25) is 0 Å². The Morgan fingerprint density at radius 3 is 2.42 bits per heavy atom. The molecule has 3 amide bonds. The van der Waals surface area contributed by atoms with Gasteiger partial charge in [-0.3, -0.25) is 4.79 Å². The monoisotopic (exact) mass is 333 g/mol. The minimum Gasteiger partial charge on any atom is -0.381 e. The van der Waals surface area contributed by atoms with E-state index in [9.17, 15) is 9.59 Å². The van der Waals surface area contributed by atoms with E-state index in [0.717, 1.165) is 12.8 Å². The van der Waals surface area contributed by atoms with Gasteiger partial charge >= 0.3 is 6.03 Å². The molecule has 1 aromatic carbocycles. The third-order valence-corrected chi connectivity index (χ3v) is 4.54. The van der Waals surface area contributed by atoms with Crippen LogP contribution in [0.1, 0.15) is 30.9 Å². The SMILES string of the molecule is CC(=O)NCCNC(=O)NCC1(c2ccccc2C)CCOCC1. The number of amides is 3. The topological polar surface area (TPSA) is 79.5 Å². The number of hydrogen-bond donors (Lipinski definition) is 3. The van der Waals surface area contributed by atoms with Crippen LogP contribution in [0.15, 0.2) is 24.3 Å². The minimum absolute atomic E-state index is 0.0848. The number of benzene rings is 1. The molecule has 0 spiro atoms. The van der Waals surface area contributed by atoms with Crippen LogP contribution in [0.5, 0.6) is 0 Å². The lowest BCUT2D eigenvalue weighted by molar-refractivity contribution is -0.118. The first kappa shape index (κ1) is 18.3. The van der Waals surface area contributed by atoms with Crippen molar-refractivity contribution in [3.05, 3.63) is 35.4 Å². The minimum atomic E-state index is -0.209. The van der Waals surface area contributed by atoms with E-state index in [2.05, 4.69) is 35.0 Å². The first-order valence-electron chi connectivity index (χ1n) is 8.43. The van der Waals surface area contributed by atoms with Gasteiger partial charge in [0.05, 0.1) is 0 Å². The van der Waals surface area contributed by atoms with Crippen molar-refractivity contribution in [1.29, 1.82) is 0 Å². The van der Waals surface area contributed by atoms with Crippen LogP contribution in [0, 0.1) is 6.92 Å². The summed E-state index contributed by atoms with van der Waals surface area (Å²) in [5, 5.41) is 8.40. The standard InChI is InChI=1S/C18H27N3O3/c1-14-5-3-4-6-16(14)18(7-11-24-12-8-18)13-21-17(23)20-10-9-19-15(2)22/h3-6H,7-13H2,1-2H3,(H,19,22)(H2,20,21,23). The van der Waals surface area contributed by atoms with E-state index in [1.807, 2.05) is 12.1 Å². The van der Waals surface area contributed by atoms with Gasteiger partial charge in [-0.2, -0.15) is 0 Å². The second kappa shape index (κ2) is 8.68. The van der Waals surface area contributed by atoms with Crippen molar-refractivity contribution in [1.82, 2.24) is 16.0 Å². The Bertz CT molecular complexity index is 568. The molecule has 0 bridgehead atoms. The van der Waals surface area contributed by atoms with E-state index in [1.54, 1.807) is 0 Å². The van der Waals surface area contributed by atoms with Gasteiger partial charge in [0.25, 0.3) is 0 Å². The molecule has 0 aromatic heterocycles. The lowest BCUT2D eigenvalue weighted by Gasteiger charge is -2.39. The molecule has 3 N–H and O–H groups in total. The largest absolute Gasteiger partial charge is 0.381 e. The number of carbonyl (C=O) groups excluding carboxylic acids is 2. The Hall–Kier alpha value is -2.08. The zero-order valence-corrected chi connectivity index (χ0v) is 14.5. The lowest BCUT2D eigenvalue weighted by Crippen LogP contribution is -2.48. The Labute approximate surface area is 143 Å². The maximum Gasteiger partial charge on any atom is 0.314 e. The fourth-order valence-electron chi connectivity index (χ4n) is 3.20. The predicted octanol–water partition coefficient (Wildman–Crippen LogP) is 1.48. The van der Waals surface area contributed by atoms with Crippen LogP contribution in [-0.4, -0.2) is 44.8 Å². The van der Waals surface area contributed by atoms with E-state index in [1.165, 1.54) is 18.1 Å². The van der Waals surface area contributed by atoms with Crippen LogP contribution < -0.4 is 16.0 Å². The van der Waals surface area contributed by atoms with Crippen molar-refractivity contribution in [2.24, 2.45) is 0 Å². The summed E-state index contributed by atoms with van der Waals surface area (Å²) >= 11 is 0. The Kier molecular flexibility index (Phi) is 6.61. The van der Waals surface area contributed by atoms with Gasteiger partial charge in [-0.15, -0.1) is 0 Å². The average Bonchev–Trinajstić information content (AvgIpc) is 2.58. The molecule has 0 unspecified atom stereocenters. The summed E-state index contributed by atoms with van der Waals surface area (Å²) in [5.74, 6) is -0.0991. The zero-order chi connectivity index (χ0) is 17.4. The summed E-state index contributed by atoms with van der Waals surface area (Å²) in [6, 6.07) is 8.14. The van der Waals surface area contributed by atoms with Gasteiger partial charge in [0.1, 0.15) is 0 Å². The number of aryl methyl sites for hydroxylation is 1. The lowest BCUT2D eigenvalue weighted by atomic mass is 9.72. The molecule has 1 heterocycles. The molecule has 0 aliphatic carbocycles. The molecule has 1 saturated heterocycles. The number of hydrogen-bond acceptors (Lipinski definition) is 3. The highest BCUT2D eigenvalue weighted by Crippen LogP contribution is 2.36. The predicted molar refractivity (Wildman–Crippen MR) is 93.0 cm³/mol. The van der Waals surface area contributed by atoms with Gasteiger partial charge < -0.3 is 20.7 Å². The van der Waals surface area contributed by atoms with Crippen molar-refractivity contribution in [3.8, 4) is 0 Å². The summed E-state index contributed by atoms with van der Waals surface area (Å²) in [6.07, 6.45) is 1.79. The van der Waals surface area contributed by atoms with Gasteiger partial charge in [0.2, 0.25) is 5.91 Å². The van der Waals surface area contributed by atoms with Crippen molar-refractivity contribution < 1.29 is 14.3 Å². The molecule has 24 heavy (non-hydrogen) atoms. The second-order valence-electron chi connectivity index (χ2n) is 6.30. The molecule has 1 aliphatic rings. The smallest absolute Gasteiger partial charge is 0.314 e. The summed E-state index contributed by atoms with van der Waals surface area (Å²) < 4.78 is 5.53. The zero-order valence-electron chi connectivity index (χ0n) is 14.5. The highest BCUT2D eigenvalue weighted by atomic mass is 16.5. The van der Waals surface area contributed by atoms with Crippen LogP contribution >= 0.6 is 0 Å². The van der Waals surface area contributed by atoms with E-state index >= 15 is 0 Å². The first-order chi connectivity index (χ1) is 11.5. The number of ether oxygens (including phenoxy) is 1. The number of nitrogens with one attached hydrogen (secondary N) is 3. The van der Waals surface area contributed by atoms with E-state index < -0.39 is 0 Å². The average molecular weight is 333 g/mol. The summed E-state index contributed by atoms with van der Waals surface area (Å²) in [6.45, 7) is 6.40. The van der Waals surface area contributed by atoms with Crippen LogP contribution in [0.3, 0.4) is 0 Å². The number of rotatable bonds is 6. The quantitative estimate of drug-likeness (QED) is 0.690. The molecular weight excluding hydrogens is 306 g/mol. The maximum absolute atomic E-state index is 12.0. The molecule has 2 rings (SSSR count). The van der Waals surface area contributed by atoms with Crippen molar-refractivity contribution in [3.63, 3.8) is 0 Å². The van der Waals surface area contributed by atoms with Gasteiger partial charge in [-0.1, -0.05) is 24.3 Å². The van der Waals surface area contributed by atoms with E-state index in [4.69, 9.17) is 4.74 Å². The van der Waals surface area contributed by atoms with Gasteiger partial charge in [0, 0.05) is 45.2 Å². The molecule has 132 valence electrons. The van der Waals surface area contributed by atoms with Gasteiger partial charge in [-0.25, -0.2) is 4.79 Å². The molecule has 1 aliphatic heterocycles. The van der Waals surface area contributed by atoms with E-state index in [-0.39, 0.29) is 17.4 Å². The third-order valence-electron chi connectivity index (χ3n) is 4.54. The van der Waals surface area contributed by atoms with E-state index in [0.29, 0.717) is 32.8 Å². The maximum atomic E-state index is 12.0. The Balaban J connectivity index is 1.94. The van der Waals surface area contributed by atoms with Crippen molar-refractivity contribution in [2.75, 3.05) is 32.8 Å². The molecule has 0 atom stereocenters. The van der Waals surface area contributed by atoms with Crippen molar-refractivity contribution >= 4 is 11.9 Å². The summed E-state index contributed by atoms with van der Waals surface area (Å²) in [5.41, 5.74) is 2.44. The van der Waals surface area contributed by atoms with Gasteiger partial charge in [-0.05, 0) is 30.9 Å². The Morgan fingerprint density at radius 1 is 1.08 bits per heavy atom. The highest BCUT2D eigenvalue weighted by molar-refractivity contribution is 5.74. The molecule has 1 fully saturated rings. The molecule has 0 radical (unpaired) electrons. The number of urea groups is 1. The molecule has 6 heteroatoms. The Morgan fingerprint density at radius 2 is 1.75 bits per heavy atom. The first-order valence-corrected chi connectivity index (χ1v) is 8.43. The highest BCUT2D eigenvalue weighted by Gasteiger charge is 2.35. The second-order valence-corrected chi connectivity index (χ2v) is 6.30. The molecular formula is C18H27N3O3. The van der Waals surface area contributed by atoms with Crippen LogP contribution in [0.4, 0.5) is 4.79 Å². The number of carbonyl (C=O) groups is 2. The molecule has 1 aromatic rings. The van der Waals surface area contributed by atoms with Gasteiger partial charge in [0.15, 0.2) is 0 Å². The summed E-state index contributed by atoms with van der Waals surface area (Å²) in [4.78, 5) is 22.8. The van der Waals surface area contributed by atoms with Crippen molar-refractivity contribution in [2.45, 2.75) is 32.1 Å². The van der Waals surface area contributed by atoms with Crippen LogP contribution in [0.25, 0.3) is 0 Å². The normalized spacial score (nSPS) is 16.2. The molecule has 6 nitrogen and oxygen atoms in total. The van der Waals surface area contributed by atoms with Crippen LogP contribution in [-0.2, 0) is 14.9 Å². The third kappa shape index (κ3) is 4.96. The summed E-state index contributed by atoms with van der Waals surface area (Å²) in [7, 11) is 0.